The molecule has 2 aromatic carbocycles. The molecule has 12 unspecified atom stereocenters. The highest BCUT2D eigenvalue weighted by molar-refractivity contribution is 5.89. The van der Waals surface area contributed by atoms with Gasteiger partial charge in [-0.15, -0.1) is 0 Å². The minimum atomic E-state index is -1.56. The van der Waals surface area contributed by atoms with Gasteiger partial charge in [0, 0.05) is 68.2 Å². The van der Waals surface area contributed by atoms with Gasteiger partial charge < -0.3 is 112 Å². The smallest absolute Gasteiger partial charge is 0.312 e. The fraction of sp³-hybridized carbons (Fsp3) is 0.737. The highest BCUT2D eigenvalue weighted by Crippen LogP contribution is 2.54. The van der Waals surface area contributed by atoms with Gasteiger partial charge >= 0.3 is 29.8 Å². The molecule has 0 aromatic heterocycles. The number of amides is 3. The zero-order valence-electron chi connectivity index (χ0n) is 65.4. The van der Waals surface area contributed by atoms with E-state index in [1.165, 1.54) is 6.92 Å². The number of rotatable bonds is 46. The average Bonchev–Trinajstić information content (AvgIpc) is 0.756. The van der Waals surface area contributed by atoms with E-state index < -0.39 is 131 Å². The molecule has 0 aliphatic rings. The Labute approximate surface area is 629 Å². The third-order valence-corrected chi connectivity index (χ3v) is 19.2. The molecule has 26 heteroatoms. The molecule has 0 radical (unpaired) electrons. The number of benzene rings is 2. The van der Waals surface area contributed by atoms with Crippen molar-refractivity contribution < 1.29 is 129 Å². The maximum Gasteiger partial charge on any atom is 0.312 e. The predicted molar refractivity (Wildman–Crippen MR) is 384 cm³/mol. The molecule has 0 bridgehead atoms. The second-order valence-corrected chi connectivity index (χ2v) is 34.5. The number of aliphatic hydroxyl groups is 3. The van der Waals surface area contributed by atoms with E-state index in [0.29, 0.717) is 53.4 Å². The van der Waals surface area contributed by atoms with Crippen LogP contribution in [0.3, 0.4) is 0 Å². The highest BCUT2D eigenvalue weighted by Gasteiger charge is 2.56. The van der Waals surface area contributed by atoms with Crippen molar-refractivity contribution >= 4 is 47.6 Å². The summed E-state index contributed by atoms with van der Waals surface area (Å²) in [5.41, 5.74) is -5.18. The van der Waals surface area contributed by atoms with Crippen molar-refractivity contribution in [2.24, 2.45) is 56.2 Å². The van der Waals surface area contributed by atoms with E-state index in [-0.39, 0.29) is 106 Å². The summed E-state index contributed by atoms with van der Waals surface area (Å²) in [6, 6.07) is 17.3. The molecule has 0 saturated heterocycles. The van der Waals surface area contributed by atoms with Crippen LogP contribution in [0, 0.1) is 56.2 Å². The van der Waals surface area contributed by atoms with Crippen molar-refractivity contribution in [2.45, 2.75) is 165 Å². The van der Waals surface area contributed by atoms with Crippen LogP contribution in [0.1, 0.15) is 164 Å². The number of ether oxygens (including phenoxy) is 3. The van der Waals surface area contributed by atoms with Crippen LogP contribution in [0.25, 0.3) is 0 Å². The van der Waals surface area contributed by atoms with Crippen molar-refractivity contribution in [3.05, 3.63) is 71.8 Å². The molecule has 2 aromatic rings. The van der Waals surface area contributed by atoms with Gasteiger partial charge in [-0.1, -0.05) is 137 Å². The van der Waals surface area contributed by atoms with Crippen molar-refractivity contribution in [3.8, 4) is 0 Å². The van der Waals surface area contributed by atoms with Gasteiger partial charge in [-0.2, -0.15) is 0 Å². The van der Waals surface area contributed by atoms with Crippen molar-refractivity contribution in [2.75, 3.05) is 142 Å². The van der Waals surface area contributed by atoms with Crippen molar-refractivity contribution in [1.29, 1.82) is 0 Å². The van der Waals surface area contributed by atoms with Crippen LogP contribution >= 0.6 is 0 Å². The van der Waals surface area contributed by atoms with E-state index in [1.807, 2.05) is 59.7 Å². The third-order valence-electron chi connectivity index (χ3n) is 19.2. The number of carboxylic acid groups (broad SMARTS) is 2. The molecule has 0 spiro atoms. The molecule has 0 aliphatic carbocycles. The van der Waals surface area contributed by atoms with Crippen LogP contribution in [-0.4, -0.2) is 241 Å². The van der Waals surface area contributed by atoms with Crippen LogP contribution in [0.5, 0.6) is 0 Å². The normalized spacial score (nSPS) is 16.9. The summed E-state index contributed by atoms with van der Waals surface area (Å²) >= 11 is 0. The van der Waals surface area contributed by atoms with Crippen molar-refractivity contribution in [1.82, 2.24) is 21.3 Å². The average molecular weight is 1510 g/mol. The summed E-state index contributed by atoms with van der Waals surface area (Å²) in [7, 11) is 18.8. The third kappa shape index (κ3) is 34.4. The Morgan fingerprint density at radius 3 is 1.27 bits per heavy atom. The van der Waals surface area contributed by atoms with Gasteiger partial charge in [-0.3, -0.25) is 38.4 Å². The Morgan fingerprint density at radius 1 is 0.490 bits per heavy atom. The zero-order chi connectivity index (χ0) is 75.8. The Morgan fingerprint density at radius 2 is 0.882 bits per heavy atom. The first-order valence-electron chi connectivity index (χ1n) is 35.4. The second-order valence-electron chi connectivity index (χ2n) is 34.5. The van der Waals surface area contributed by atoms with Gasteiger partial charge in [0.05, 0.1) is 119 Å². The van der Waals surface area contributed by atoms with E-state index >= 15 is 9.59 Å². The Bertz CT molecular complexity index is 2880. The fourth-order valence-electron chi connectivity index (χ4n) is 13.7. The van der Waals surface area contributed by atoms with E-state index in [1.54, 1.807) is 56.3 Å². The predicted octanol–water partition coefficient (Wildman–Crippen LogP) is -1.73. The lowest BCUT2D eigenvalue weighted by molar-refractivity contribution is -0.870. The van der Waals surface area contributed by atoms with Crippen LogP contribution in [0.4, 0.5) is 0 Å². The molecule has 0 heterocycles. The number of quaternary nitrogens is 3. The molecule has 102 heavy (non-hydrogen) atoms. The molecule has 2 rings (SSSR count). The van der Waals surface area contributed by atoms with E-state index in [2.05, 4.69) is 105 Å². The largest absolute Gasteiger partial charge is 1.00 e. The maximum absolute atomic E-state index is 15.3. The number of carbonyl (C=O) groups excluding carboxylic acids is 6. The van der Waals surface area contributed by atoms with Gasteiger partial charge in [-0.05, 0) is 79.2 Å². The number of carboxylic acids is 2. The van der Waals surface area contributed by atoms with Crippen LogP contribution in [0.15, 0.2) is 60.7 Å². The standard InChI is InChI=1S/C76H129N7O16.3ClH/c1-53(55-31-24-22-25-32-55)43-61(64(89)90)62(66(92)99-48-58(86)46-84)60(56-33-26-23-27-34-56)44-59(63(87)88)54(2)65(91)98-47-57(85)45-77-38-42-97-70(96)76(12,72(6,7)8)52-75(11,69(95)80-37-30-41-83(19,20)21)51-74(10,68(94)79-36-29-40-82(16,17)18)50-73(9,49-71(3,4)5)67(93)78-35-28-39-81(13,14)15;;;/h22-27,31-34,53-54,57-62,77,84-86H,28-30,35-52H2,1-21H3,(H2-3,78,79,80,87,88,89,90,93,94,95);3*1H. The molecule has 23 nitrogen and oxygen atoms in total. The number of esters is 3. The molecular formula is C76H132Cl3N7O16. The molecular weight excluding hydrogens is 1370 g/mol. The molecule has 9 N–H and O–H groups in total. The molecule has 588 valence electrons. The second kappa shape index (κ2) is 43.4. The number of hydrogen-bond acceptors (Lipinski definition) is 15. The number of halogens is 3. The van der Waals surface area contributed by atoms with E-state index in [9.17, 15) is 54.3 Å². The molecule has 0 aliphatic heterocycles. The molecule has 0 fully saturated rings. The summed E-state index contributed by atoms with van der Waals surface area (Å²) in [4.78, 5) is 115. The summed E-state index contributed by atoms with van der Waals surface area (Å²) in [6.45, 7) is 23.7. The molecule has 12 atom stereocenters. The lowest BCUT2D eigenvalue weighted by atomic mass is 9.55. The van der Waals surface area contributed by atoms with Gasteiger partial charge in [0.25, 0.3) is 0 Å². The topological polar surface area (TPSA) is 314 Å². The lowest BCUT2D eigenvalue weighted by Crippen LogP contribution is -3.00. The number of hydrogen-bond donors (Lipinski definition) is 9. The number of carbonyl (C=O) groups is 8. The van der Waals surface area contributed by atoms with Gasteiger partial charge in [-0.25, -0.2) is 0 Å². The quantitative estimate of drug-likeness (QED) is 0.0154. The van der Waals surface area contributed by atoms with Gasteiger partial charge in [0.1, 0.15) is 32.0 Å². The summed E-state index contributed by atoms with van der Waals surface area (Å²) in [6.07, 6.45) is -0.779. The highest BCUT2D eigenvalue weighted by atomic mass is 35.5. The minimum Gasteiger partial charge on any atom is -1.00 e. The Kier molecular flexibility index (Phi) is 42.1. The van der Waals surface area contributed by atoms with E-state index in [0.717, 1.165) is 36.1 Å². The Balaban J connectivity index is 0. The maximum atomic E-state index is 15.3. The fourth-order valence-corrected chi connectivity index (χ4v) is 13.7. The summed E-state index contributed by atoms with van der Waals surface area (Å²) in [5, 5.41) is 65.2. The number of nitrogens with zero attached hydrogens (tertiary/aromatic N) is 3. The van der Waals surface area contributed by atoms with Gasteiger partial charge in [0.15, 0.2) is 0 Å². The van der Waals surface area contributed by atoms with Crippen LogP contribution in [0.2, 0.25) is 0 Å². The zero-order valence-corrected chi connectivity index (χ0v) is 67.7. The number of nitrogens with one attached hydrogen (secondary N) is 4. The van der Waals surface area contributed by atoms with Gasteiger partial charge in [0.2, 0.25) is 17.7 Å². The minimum absolute atomic E-state index is 0. The number of aliphatic carboxylic acids is 2. The Hall–Kier alpha value is -5.21. The first-order valence-corrected chi connectivity index (χ1v) is 35.4. The van der Waals surface area contributed by atoms with Crippen LogP contribution < -0.4 is 58.5 Å². The summed E-state index contributed by atoms with van der Waals surface area (Å²) in [5.74, 6) is -13.8. The first-order chi connectivity index (χ1) is 45.4. The monoisotopic (exact) mass is 1500 g/mol. The summed E-state index contributed by atoms with van der Waals surface area (Å²) < 4.78 is 19.2. The van der Waals surface area contributed by atoms with E-state index in [4.69, 9.17) is 14.2 Å². The molecule has 0 saturated carbocycles. The van der Waals surface area contributed by atoms with Crippen LogP contribution in [-0.2, 0) is 52.6 Å². The first kappa shape index (κ1) is 98.8. The lowest BCUT2D eigenvalue weighted by Gasteiger charge is -2.48. The molecule has 3 amide bonds. The SMILES string of the molecule is CC(CC(C(=O)O)C(C(=O)OCC(O)CO)C(CC(C(=O)O)C(C)C(=O)OCC(O)CNCCOC(=O)C(C)(CC(C)(CC(C)(CC(C)(CC(C)(C)C)C(=O)NCCC[N+](C)(C)C)C(=O)NCCC[N+](C)(C)C)C(=O)NCCC[N+](C)(C)C)C(C)(C)C)c1ccccc1)c1ccccc1.[Cl-].[Cl-].[Cl-]. The number of aliphatic hydroxyl groups excluding tert-OH is 3. The van der Waals surface area contributed by atoms with Crippen molar-refractivity contribution in [3.63, 3.8) is 0 Å².